The van der Waals surface area contributed by atoms with Crippen molar-refractivity contribution < 1.29 is 14.3 Å². The standard InChI is InChI=1S/C15H26N6O3/c1-6-7-24-13-11(15(23)19-17)10(20(2)3)8-9(14(22)18-16)12(13)21(4)5/h8H,6-7,16-17H2,1-5H3,(H,18,22)(H,19,23). The van der Waals surface area contributed by atoms with Gasteiger partial charge in [0, 0.05) is 28.2 Å². The van der Waals surface area contributed by atoms with Crippen molar-refractivity contribution in [3.8, 4) is 5.75 Å². The molecule has 0 aliphatic carbocycles. The van der Waals surface area contributed by atoms with Gasteiger partial charge in [-0.25, -0.2) is 11.7 Å². The monoisotopic (exact) mass is 338 g/mol. The van der Waals surface area contributed by atoms with E-state index in [0.29, 0.717) is 23.5 Å². The minimum absolute atomic E-state index is 0.258. The van der Waals surface area contributed by atoms with Crippen LogP contribution < -0.4 is 37.1 Å². The molecule has 2 amide bonds. The molecule has 9 nitrogen and oxygen atoms in total. The number of ether oxygens (including phenoxy) is 1. The van der Waals surface area contributed by atoms with Crippen molar-refractivity contribution >= 4 is 23.2 Å². The summed E-state index contributed by atoms with van der Waals surface area (Å²) >= 11 is 0. The highest BCUT2D eigenvalue weighted by Crippen LogP contribution is 2.40. The normalized spacial score (nSPS) is 10.1. The summed E-state index contributed by atoms with van der Waals surface area (Å²) in [6.45, 7) is 2.33. The Balaban J connectivity index is 3.87. The molecular weight excluding hydrogens is 312 g/mol. The molecule has 24 heavy (non-hydrogen) atoms. The Labute approximate surface area is 141 Å². The van der Waals surface area contributed by atoms with Crippen LogP contribution >= 0.6 is 0 Å². The molecule has 6 N–H and O–H groups in total. The molecule has 0 radical (unpaired) electrons. The van der Waals surface area contributed by atoms with Gasteiger partial charge in [-0.1, -0.05) is 6.92 Å². The van der Waals surface area contributed by atoms with E-state index >= 15 is 0 Å². The Morgan fingerprint density at radius 3 is 2.08 bits per heavy atom. The molecule has 0 fully saturated rings. The fraction of sp³-hybridized carbons (Fsp3) is 0.467. The predicted octanol–water partition coefficient (Wildman–Crippen LogP) is -0.186. The third-order valence-electron chi connectivity index (χ3n) is 3.35. The first kappa shape index (κ1) is 19.5. The van der Waals surface area contributed by atoms with Crippen LogP contribution in [0.25, 0.3) is 0 Å². The summed E-state index contributed by atoms with van der Waals surface area (Å²) in [5.41, 5.74) is 5.76. The van der Waals surface area contributed by atoms with Gasteiger partial charge in [0.05, 0.1) is 23.5 Å². The quantitative estimate of drug-likeness (QED) is 0.308. The predicted molar refractivity (Wildman–Crippen MR) is 94.2 cm³/mol. The molecule has 0 spiro atoms. The SMILES string of the molecule is CCCOc1c(C(=O)NN)c(N(C)C)cc(C(=O)NN)c1N(C)C. The van der Waals surface area contributed by atoms with Crippen molar-refractivity contribution in [1.82, 2.24) is 10.9 Å². The van der Waals surface area contributed by atoms with Crippen molar-refractivity contribution in [3.63, 3.8) is 0 Å². The number of hydrazine groups is 2. The number of hydrogen-bond acceptors (Lipinski definition) is 7. The van der Waals surface area contributed by atoms with E-state index in [1.54, 1.807) is 44.1 Å². The second-order valence-corrected chi connectivity index (χ2v) is 5.58. The molecule has 0 saturated heterocycles. The molecule has 0 aliphatic heterocycles. The van der Waals surface area contributed by atoms with Crippen molar-refractivity contribution in [2.24, 2.45) is 11.7 Å². The van der Waals surface area contributed by atoms with Crippen LogP contribution in [0.3, 0.4) is 0 Å². The lowest BCUT2D eigenvalue weighted by molar-refractivity contribution is 0.0939. The minimum Gasteiger partial charge on any atom is -0.490 e. The van der Waals surface area contributed by atoms with Crippen LogP contribution in [-0.2, 0) is 0 Å². The molecule has 0 bridgehead atoms. The molecule has 134 valence electrons. The van der Waals surface area contributed by atoms with E-state index in [-0.39, 0.29) is 11.3 Å². The van der Waals surface area contributed by atoms with Crippen LogP contribution in [0.15, 0.2) is 6.07 Å². The van der Waals surface area contributed by atoms with Gasteiger partial charge in [0.15, 0.2) is 5.75 Å². The fourth-order valence-electron chi connectivity index (χ4n) is 2.32. The lowest BCUT2D eigenvalue weighted by Gasteiger charge is -2.27. The average Bonchev–Trinajstić information content (AvgIpc) is 2.56. The number of carbonyl (C=O) groups is 2. The first-order valence-corrected chi connectivity index (χ1v) is 7.50. The van der Waals surface area contributed by atoms with Gasteiger partial charge in [0.25, 0.3) is 11.8 Å². The second kappa shape index (κ2) is 8.37. The molecular formula is C15H26N6O3. The number of carbonyl (C=O) groups excluding carboxylic acids is 2. The van der Waals surface area contributed by atoms with Crippen molar-refractivity contribution in [2.75, 3.05) is 44.6 Å². The van der Waals surface area contributed by atoms with Gasteiger partial charge in [-0.05, 0) is 12.5 Å². The zero-order chi connectivity index (χ0) is 18.4. The third kappa shape index (κ3) is 3.87. The Bertz CT molecular complexity index is 616. The first-order chi connectivity index (χ1) is 11.3. The number of nitrogen functional groups attached to an aromatic ring is 2. The molecule has 0 aliphatic rings. The summed E-state index contributed by atoms with van der Waals surface area (Å²) in [5.74, 6) is 9.93. The number of benzene rings is 1. The van der Waals surface area contributed by atoms with E-state index in [1.165, 1.54) is 0 Å². The maximum absolute atomic E-state index is 12.4. The van der Waals surface area contributed by atoms with Gasteiger partial charge in [-0.15, -0.1) is 0 Å². The van der Waals surface area contributed by atoms with Gasteiger partial charge in [0.2, 0.25) is 0 Å². The highest BCUT2D eigenvalue weighted by atomic mass is 16.5. The molecule has 9 heteroatoms. The van der Waals surface area contributed by atoms with Gasteiger partial charge in [0.1, 0.15) is 5.56 Å². The van der Waals surface area contributed by atoms with Gasteiger partial charge < -0.3 is 14.5 Å². The maximum Gasteiger partial charge on any atom is 0.271 e. The minimum atomic E-state index is -0.507. The molecule has 0 aromatic heterocycles. The van der Waals surface area contributed by atoms with Crippen molar-refractivity contribution in [2.45, 2.75) is 13.3 Å². The zero-order valence-corrected chi connectivity index (χ0v) is 14.8. The average molecular weight is 338 g/mol. The van der Waals surface area contributed by atoms with Crippen molar-refractivity contribution in [3.05, 3.63) is 17.2 Å². The Morgan fingerprint density at radius 1 is 1.08 bits per heavy atom. The highest BCUT2D eigenvalue weighted by molar-refractivity contribution is 6.10. The second-order valence-electron chi connectivity index (χ2n) is 5.58. The summed E-state index contributed by atoms with van der Waals surface area (Å²) in [7, 11) is 7.01. The van der Waals surface area contributed by atoms with Gasteiger partial charge in [-0.3, -0.25) is 20.4 Å². The smallest absolute Gasteiger partial charge is 0.271 e. The number of anilines is 2. The molecule has 0 unspecified atom stereocenters. The van der Waals surface area contributed by atoms with Crippen LogP contribution in [0.5, 0.6) is 5.75 Å². The van der Waals surface area contributed by atoms with Crippen molar-refractivity contribution in [1.29, 1.82) is 0 Å². The number of rotatable bonds is 7. The summed E-state index contributed by atoms with van der Waals surface area (Å²) in [4.78, 5) is 28.0. The van der Waals surface area contributed by atoms with E-state index in [2.05, 4.69) is 10.9 Å². The molecule has 1 aromatic carbocycles. The van der Waals surface area contributed by atoms with Gasteiger partial charge >= 0.3 is 0 Å². The van der Waals surface area contributed by atoms with Crippen LogP contribution in [0, 0.1) is 0 Å². The zero-order valence-electron chi connectivity index (χ0n) is 14.8. The lowest BCUT2D eigenvalue weighted by atomic mass is 10.0. The lowest BCUT2D eigenvalue weighted by Crippen LogP contribution is -2.34. The van der Waals surface area contributed by atoms with Crippen LogP contribution in [0.4, 0.5) is 11.4 Å². The summed E-state index contributed by atoms with van der Waals surface area (Å²) in [6, 6.07) is 1.58. The van der Waals surface area contributed by atoms with E-state index in [0.717, 1.165) is 6.42 Å². The number of nitrogens with zero attached hydrogens (tertiary/aromatic N) is 2. The topological polar surface area (TPSA) is 126 Å². The Kier molecular flexibility index (Phi) is 6.81. The highest BCUT2D eigenvalue weighted by Gasteiger charge is 2.28. The van der Waals surface area contributed by atoms with Crippen LogP contribution in [0.1, 0.15) is 34.1 Å². The third-order valence-corrected chi connectivity index (χ3v) is 3.35. The molecule has 0 saturated carbocycles. The summed E-state index contributed by atoms with van der Waals surface area (Å²) in [6.07, 6.45) is 0.737. The van der Waals surface area contributed by atoms with Gasteiger partial charge in [-0.2, -0.15) is 0 Å². The molecule has 1 aromatic rings. The van der Waals surface area contributed by atoms with E-state index in [4.69, 9.17) is 16.4 Å². The summed E-state index contributed by atoms with van der Waals surface area (Å²) in [5, 5.41) is 0. The first-order valence-electron chi connectivity index (χ1n) is 7.50. The number of nitrogens with one attached hydrogen (secondary N) is 2. The molecule has 1 rings (SSSR count). The number of hydrogen-bond donors (Lipinski definition) is 4. The number of amides is 2. The number of nitrogens with two attached hydrogens (primary N) is 2. The fourth-order valence-corrected chi connectivity index (χ4v) is 2.32. The Morgan fingerprint density at radius 2 is 1.67 bits per heavy atom. The molecule has 0 heterocycles. The maximum atomic E-state index is 12.4. The molecule has 0 atom stereocenters. The Hall–Kier alpha value is -2.52. The van der Waals surface area contributed by atoms with Crippen LogP contribution in [-0.4, -0.2) is 46.6 Å². The van der Waals surface area contributed by atoms with Crippen LogP contribution in [0.2, 0.25) is 0 Å². The van der Waals surface area contributed by atoms with E-state index in [9.17, 15) is 9.59 Å². The largest absolute Gasteiger partial charge is 0.490 e. The summed E-state index contributed by atoms with van der Waals surface area (Å²) < 4.78 is 5.82. The van der Waals surface area contributed by atoms with E-state index in [1.807, 2.05) is 6.92 Å². The van der Waals surface area contributed by atoms with E-state index < -0.39 is 11.8 Å².